The molecule has 0 saturated heterocycles. The summed E-state index contributed by atoms with van der Waals surface area (Å²) in [5, 5.41) is 13.3. The second-order valence-corrected chi connectivity index (χ2v) is 13.2. The summed E-state index contributed by atoms with van der Waals surface area (Å²) in [6.45, 7) is 6.85. The van der Waals surface area contributed by atoms with E-state index in [1.54, 1.807) is 0 Å². The van der Waals surface area contributed by atoms with Crippen LogP contribution in [0, 0.1) is 0 Å². The zero-order valence-corrected chi connectivity index (χ0v) is 22.1. The first kappa shape index (κ1) is 20.7. The van der Waals surface area contributed by atoms with Crippen molar-refractivity contribution in [3.05, 3.63) is 96.6 Å². The summed E-state index contributed by atoms with van der Waals surface area (Å²) in [7, 11) is 0. The van der Waals surface area contributed by atoms with Crippen LogP contribution in [0.25, 0.3) is 72.7 Å². The van der Waals surface area contributed by atoms with Crippen molar-refractivity contribution in [3.63, 3.8) is 0 Å². The maximum Gasteiger partial charge on any atom is 0.0542 e. The second-order valence-electron chi connectivity index (χ2n) is 11.1. The molecular weight excluding hydrogens is 473 g/mol. The molecule has 0 bridgehead atoms. The fourth-order valence-electron chi connectivity index (χ4n) is 5.66. The summed E-state index contributed by atoms with van der Waals surface area (Å²) in [6, 6.07) is 34.7. The SMILES string of the molecule is CC(C)(C)c1ccc2cc3cc4c(cc3cc2c1)sc1c2cc3cc5ccccc5cc3cc2sc41. The molecule has 0 amide bonds. The zero-order valence-electron chi connectivity index (χ0n) is 20.5. The minimum Gasteiger partial charge on any atom is -0.134 e. The van der Waals surface area contributed by atoms with Crippen molar-refractivity contribution in [1.29, 1.82) is 0 Å². The van der Waals surface area contributed by atoms with Crippen molar-refractivity contribution in [2.45, 2.75) is 26.2 Å². The summed E-state index contributed by atoms with van der Waals surface area (Å²) in [5.74, 6) is 0. The van der Waals surface area contributed by atoms with E-state index in [4.69, 9.17) is 0 Å². The highest BCUT2D eigenvalue weighted by molar-refractivity contribution is 7.36. The first-order valence-electron chi connectivity index (χ1n) is 12.5. The van der Waals surface area contributed by atoms with Gasteiger partial charge in [-0.2, -0.15) is 0 Å². The van der Waals surface area contributed by atoms with Gasteiger partial charge in [-0.3, -0.25) is 0 Å². The molecule has 2 heterocycles. The van der Waals surface area contributed by atoms with E-state index in [-0.39, 0.29) is 5.41 Å². The highest BCUT2D eigenvalue weighted by Gasteiger charge is 2.16. The van der Waals surface area contributed by atoms with E-state index < -0.39 is 0 Å². The van der Waals surface area contributed by atoms with Crippen molar-refractivity contribution in [2.24, 2.45) is 0 Å². The van der Waals surface area contributed by atoms with Gasteiger partial charge < -0.3 is 0 Å². The molecule has 2 aromatic heterocycles. The summed E-state index contributed by atoms with van der Waals surface area (Å²) in [6.07, 6.45) is 0. The van der Waals surface area contributed by atoms with Gasteiger partial charge in [-0.25, -0.2) is 0 Å². The van der Waals surface area contributed by atoms with Gasteiger partial charge in [0.25, 0.3) is 0 Å². The van der Waals surface area contributed by atoms with Crippen LogP contribution in [0.1, 0.15) is 26.3 Å². The first-order valence-corrected chi connectivity index (χ1v) is 14.1. The Hall–Kier alpha value is -3.46. The molecule has 0 aliphatic heterocycles. The molecule has 0 saturated carbocycles. The third kappa shape index (κ3) is 2.98. The Labute approximate surface area is 217 Å². The smallest absolute Gasteiger partial charge is 0.0542 e. The highest BCUT2D eigenvalue weighted by Crippen LogP contribution is 2.46. The molecule has 0 fully saturated rings. The molecule has 2 heteroatoms. The van der Waals surface area contributed by atoms with E-state index >= 15 is 0 Å². The third-order valence-corrected chi connectivity index (χ3v) is 10.2. The number of thiophene rings is 2. The van der Waals surface area contributed by atoms with E-state index in [0.29, 0.717) is 0 Å². The summed E-state index contributed by atoms with van der Waals surface area (Å²) >= 11 is 3.89. The molecule has 0 radical (unpaired) electrons. The Morgan fingerprint density at radius 3 is 1.42 bits per heavy atom. The predicted octanol–water partition coefficient (Wildman–Crippen LogP) is 11.2. The van der Waals surface area contributed by atoms with Crippen LogP contribution >= 0.6 is 22.7 Å². The standard InChI is InChI=1S/C34H24S2/c1-34(2,3)27-9-8-21-12-24-16-29-31(18-26(24)13-22(21)14-27)36-32-28-15-23-10-19-6-4-5-7-20(19)11-25(23)17-30(28)35-33(29)32/h4-18H,1-3H3. The van der Waals surface area contributed by atoms with Crippen LogP contribution in [0.2, 0.25) is 0 Å². The Balaban J connectivity index is 1.38. The van der Waals surface area contributed by atoms with Crippen molar-refractivity contribution >= 4 is 95.3 Å². The molecule has 0 nitrogen and oxygen atoms in total. The topological polar surface area (TPSA) is 0 Å². The van der Waals surface area contributed by atoms with Crippen molar-refractivity contribution in [1.82, 2.24) is 0 Å². The summed E-state index contributed by atoms with van der Waals surface area (Å²) in [5.41, 5.74) is 1.54. The third-order valence-electron chi connectivity index (χ3n) is 7.68. The van der Waals surface area contributed by atoms with Gasteiger partial charge in [0, 0.05) is 20.2 Å². The van der Waals surface area contributed by atoms with Crippen LogP contribution in [0.5, 0.6) is 0 Å². The monoisotopic (exact) mass is 496 g/mol. The molecule has 6 aromatic carbocycles. The molecule has 8 rings (SSSR count). The van der Waals surface area contributed by atoms with Gasteiger partial charge in [0.05, 0.1) is 9.40 Å². The Bertz CT molecular complexity index is 2180. The number of hydrogen-bond donors (Lipinski definition) is 0. The van der Waals surface area contributed by atoms with Crippen molar-refractivity contribution in [3.8, 4) is 0 Å². The van der Waals surface area contributed by atoms with Crippen LogP contribution in [0.3, 0.4) is 0 Å². The van der Waals surface area contributed by atoms with Crippen LogP contribution in [0.4, 0.5) is 0 Å². The fourth-order valence-corrected chi connectivity index (χ4v) is 8.35. The first-order chi connectivity index (χ1) is 17.4. The predicted molar refractivity (Wildman–Crippen MR) is 163 cm³/mol. The largest absolute Gasteiger partial charge is 0.134 e. The molecule has 36 heavy (non-hydrogen) atoms. The molecular formula is C34H24S2. The van der Waals surface area contributed by atoms with Crippen LogP contribution in [-0.4, -0.2) is 0 Å². The van der Waals surface area contributed by atoms with Gasteiger partial charge >= 0.3 is 0 Å². The Kier molecular flexibility index (Phi) is 4.06. The lowest BCUT2D eigenvalue weighted by atomic mass is 9.85. The normalized spacial score (nSPS) is 12.9. The fraction of sp³-hybridized carbons (Fsp3) is 0.118. The van der Waals surface area contributed by atoms with Gasteiger partial charge in [0.1, 0.15) is 0 Å². The van der Waals surface area contributed by atoms with Gasteiger partial charge in [0.15, 0.2) is 0 Å². The average molecular weight is 497 g/mol. The Morgan fingerprint density at radius 1 is 0.444 bits per heavy atom. The van der Waals surface area contributed by atoms with Gasteiger partial charge in [-0.05, 0) is 103 Å². The lowest BCUT2D eigenvalue weighted by Gasteiger charge is -2.19. The molecule has 172 valence electrons. The molecule has 0 aliphatic carbocycles. The van der Waals surface area contributed by atoms with Gasteiger partial charge in [-0.1, -0.05) is 63.2 Å². The Morgan fingerprint density at radius 2 is 0.889 bits per heavy atom. The van der Waals surface area contributed by atoms with Gasteiger partial charge in [-0.15, -0.1) is 22.7 Å². The number of benzene rings is 6. The minimum absolute atomic E-state index is 0.155. The zero-order chi connectivity index (χ0) is 24.2. The summed E-state index contributed by atoms with van der Waals surface area (Å²) in [4.78, 5) is 0. The maximum atomic E-state index is 2.42. The molecule has 0 N–H and O–H groups in total. The van der Waals surface area contributed by atoms with Crippen LogP contribution < -0.4 is 0 Å². The molecule has 0 aliphatic rings. The van der Waals surface area contributed by atoms with E-state index in [2.05, 4.69) is 112 Å². The van der Waals surface area contributed by atoms with Crippen molar-refractivity contribution < 1.29 is 0 Å². The second kappa shape index (κ2) is 7.06. The highest BCUT2D eigenvalue weighted by atomic mass is 32.1. The molecule has 0 atom stereocenters. The van der Waals surface area contributed by atoms with E-state index in [9.17, 15) is 0 Å². The summed E-state index contributed by atoms with van der Waals surface area (Å²) < 4.78 is 5.62. The minimum atomic E-state index is 0.155. The van der Waals surface area contributed by atoms with E-state index in [1.165, 1.54) is 78.2 Å². The van der Waals surface area contributed by atoms with E-state index in [0.717, 1.165) is 0 Å². The van der Waals surface area contributed by atoms with E-state index in [1.807, 2.05) is 22.7 Å². The van der Waals surface area contributed by atoms with Crippen LogP contribution in [0.15, 0.2) is 91.0 Å². The maximum absolute atomic E-state index is 2.42. The number of rotatable bonds is 0. The average Bonchev–Trinajstić information content (AvgIpc) is 3.37. The molecule has 0 spiro atoms. The number of hydrogen-bond acceptors (Lipinski definition) is 2. The lowest BCUT2D eigenvalue weighted by molar-refractivity contribution is 0.591. The van der Waals surface area contributed by atoms with Crippen molar-refractivity contribution in [2.75, 3.05) is 0 Å². The van der Waals surface area contributed by atoms with Crippen LogP contribution in [-0.2, 0) is 5.41 Å². The number of fused-ring (bicyclic) bond motifs is 9. The van der Waals surface area contributed by atoms with Gasteiger partial charge in [0.2, 0.25) is 0 Å². The quantitative estimate of drug-likeness (QED) is 0.183. The lowest BCUT2D eigenvalue weighted by Crippen LogP contribution is -2.10. The molecule has 0 unspecified atom stereocenters. The molecule has 8 aromatic rings.